The van der Waals surface area contributed by atoms with Gasteiger partial charge < -0.3 is 9.84 Å². The number of carbonyl (C=O) groups is 1. The van der Waals surface area contributed by atoms with Gasteiger partial charge in [0.1, 0.15) is 6.10 Å². The molecule has 0 spiro atoms. The summed E-state index contributed by atoms with van der Waals surface area (Å²) in [6.07, 6.45) is 11.0. The predicted molar refractivity (Wildman–Crippen MR) is 108 cm³/mol. The molecule has 0 aromatic heterocycles. The molecular formula is C24H35NO3. The van der Waals surface area contributed by atoms with Gasteiger partial charge in [0.2, 0.25) is 0 Å². The minimum absolute atomic E-state index is 0.0480. The Morgan fingerprint density at radius 2 is 2.00 bits per heavy atom. The fourth-order valence-electron chi connectivity index (χ4n) is 7.94. The van der Waals surface area contributed by atoms with E-state index in [9.17, 15) is 9.90 Å². The average molecular weight is 386 g/mol. The summed E-state index contributed by atoms with van der Waals surface area (Å²) in [5.41, 5.74) is 0.572. The van der Waals surface area contributed by atoms with Crippen molar-refractivity contribution >= 4 is 5.97 Å². The fourth-order valence-corrected chi connectivity index (χ4v) is 7.94. The maximum absolute atomic E-state index is 11.4. The van der Waals surface area contributed by atoms with E-state index < -0.39 is 5.72 Å². The van der Waals surface area contributed by atoms with Crippen molar-refractivity contribution in [1.29, 1.82) is 0 Å². The van der Waals surface area contributed by atoms with Gasteiger partial charge in [-0.1, -0.05) is 25.5 Å². The third kappa shape index (κ3) is 2.84. The summed E-state index contributed by atoms with van der Waals surface area (Å²) >= 11 is 0. The quantitative estimate of drug-likeness (QED) is 0.407. The summed E-state index contributed by atoms with van der Waals surface area (Å²) in [7, 11) is 0. The van der Waals surface area contributed by atoms with E-state index in [2.05, 4.69) is 24.8 Å². The van der Waals surface area contributed by atoms with Crippen molar-refractivity contribution < 1.29 is 14.6 Å². The van der Waals surface area contributed by atoms with Gasteiger partial charge in [0.05, 0.1) is 5.92 Å². The Balaban J connectivity index is 1.59. The molecule has 4 rings (SSSR count). The summed E-state index contributed by atoms with van der Waals surface area (Å²) in [6, 6.07) is 0. The lowest BCUT2D eigenvalue weighted by molar-refractivity contribution is -0.149. The Morgan fingerprint density at radius 1 is 1.25 bits per heavy atom. The molecule has 4 heteroatoms. The number of esters is 1. The highest BCUT2D eigenvalue weighted by molar-refractivity contribution is 5.66. The Kier molecular flexibility index (Phi) is 4.70. The highest BCUT2D eigenvalue weighted by Gasteiger charge is 2.63. The number of aliphatic hydroxyl groups is 1. The summed E-state index contributed by atoms with van der Waals surface area (Å²) in [5.74, 6) is 1.86. The number of nitrogens with zero attached hydrogens (tertiary/aromatic N) is 1. The van der Waals surface area contributed by atoms with E-state index in [1.165, 1.54) is 18.9 Å². The predicted octanol–water partition coefficient (Wildman–Crippen LogP) is 5.12. The Bertz CT molecular complexity index is 735. The first-order chi connectivity index (χ1) is 13.1. The van der Waals surface area contributed by atoms with E-state index >= 15 is 0 Å². The zero-order valence-electron chi connectivity index (χ0n) is 17.8. The molecule has 4 aliphatic carbocycles. The van der Waals surface area contributed by atoms with E-state index in [4.69, 9.17) is 11.3 Å². The van der Waals surface area contributed by atoms with Crippen LogP contribution in [0.3, 0.4) is 0 Å². The second-order valence-corrected chi connectivity index (χ2v) is 10.6. The number of ether oxygens (including phenoxy) is 1. The van der Waals surface area contributed by atoms with Crippen molar-refractivity contribution in [1.82, 2.24) is 0 Å². The molecule has 3 fully saturated rings. The number of carbonyl (C=O) groups excluding carboxylic acids is 1. The monoisotopic (exact) mass is 385 g/mol. The molecule has 0 aromatic rings. The molecule has 0 amide bonds. The van der Waals surface area contributed by atoms with E-state index in [0.29, 0.717) is 17.8 Å². The van der Waals surface area contributed by atoms with Crippen molar-refractivity contribution in [2.45, 2.75) is 90.9 Å². The van der Waals surface area contributed by atoms with Crippen LogP contribution in [0.1, 0.15) is 79.1 Å². The highest BCUT2D eigenvalue weighted by Crippen LogP contribution is 2.67. The number of allylic oxidation sites excluding steroid dienone is 1. The zero-order valence-corrected chi connectivity index (χ0v) is 17.8. The third-order valence-corrected chi connectivity index (χ3v) is 9.28. The molecule has 0 aliphatic heterocycles. The van der Waals surface area contributed by atoms with Gasteiger partial charge in [-0.15, -0.1) is 0 Å². The van der Waals surface area contributed by atoms with Crippen LogP contribution in [0.5, 0.6) is 0 Å². The molecule has 154 valence electrons. The topological polar surface area (TPSA) is 50.9 Å². The molecule has 8 atom stereocenters. The lowest BCUT2D eigenvalue weighted by atomic mass is 9.47. The number of hydrogen-bond acceptors (Lipinski definition) is 3. The Labute approximate surface area is 169 Å². The smallest absolute Gasteiger partial charge is 0.335 e. The van der Waals surface area contributed by atoms with Gasteiger partial charge in [-0.05, 0) is 73.5 Å². The van der Waals surface area contributed by atoms with Crippen LogP contribution in [-0.4, -0.2) is 22.9 Å². The van der Waals surface area contributed by atoms with Crippen molar-refractivity contribution in [3.05, 3.63) is 23.1 Å². The molecule has 1 N–H and O–H groups in total. The first-order valence-corrected chi connectivity index (χ1v) is 11.1. The molecule has 28 heavy (non-hydrogen) atoms. The fraction of sp³-hybridized carbons (Fsp3) is 0.833. The second kappa shape index (κ2) is 6.59. The molecule has 0 heterocycles. The van der Waals surface area contributed by atoms with Crippen LogP contribution < -0.4 is 0 Å². The Hall–Kier alpha value is -1.34. The van der Waals surface area contributed by atoms with Crippen LogP contribution in [-0.2, 0) is 9.53 Å². The molecule has 4 unspecified atom stereocenters. The Morgan fingerprint density at radius 3 is 2.68 bits per heavy atom. The van der Waals surface area contributed by atoms with Crippen LogP contribution in [0.15, 0.2) is 11.6 Å². The molecule has 0 radical (unpaired) electrons. The van der Waals surface area contributed by atoms with Gasteiger partial charge in [0, 0.05) is 20.3 Å². The third-order valence-electron chi connectivity index (χ3n) is 9.28. The first-order valence-electron chi connectivity index (χ1n) is 11.1. The van der Waals surface area contributed by atoms with Crippen molar-refractivity contribution in [2.24, 2.45) is 34.5 Å². The molecule has 0 bridgehead atoms. The van der Waals surface area contributed by atoms with E-state index in [-0.39, 0.29) is 28.8 Å². The summed E-state index contributed by atoms with van der Waals surface area (Å²) in [5, 5.41) is 10.8. The standard InChI is InChI=1S/C24H35NO3/c1-15(26)28-17-10-12-22(2)16(14-17)6-7-18-19-8-9-21(24(4,27)25-5)23(19,3)13-11-20(18)22/h6,17-21,27H,7-14H2,1-4H3/t17-,18?,19?,20?,21-,22-,23-,24?/m0/s1. The SMILES string of the molecule is [C-]#[N+]C(C)(O)[C@H]1CCC2C3CC=C4C[C@@H](OC(C)=O)CC[C@]4(C)C3CC[C@@]21C. The lowest BCUT2D eigenvalue weighted by Crippen LogP contribution is -2.52. The maximum Gasteiger partial charge on any atom is 0.335 e. The van der Waals surface area contributed by atoms with Crippen molar-refractivity contribution in [3.63, 3.8) is 0 Å². The maximum atomic E-state index is 11.4. The average Bonchev–Trinajstić information content (AvgIpc) is 2.99. The van der Waals surface area contributed by atoms with Gasteiger partial charge >= 0.3 is 11.7 Å². The van der Waals surface area contributed by atoms with Gasteiger partial charge in [-0.3, -0.25) is 9.64 Å². The van der Waals surface area contributed by atoms with Gasteiger partial charge in [0.15, 0.2) is 0 Å². The minimum atomic E-state index is -1.24. The summed E-state index contributed by atoms with van der Waals surface area (Å²) in [4.78, 5) is 15.0. The molecule has 0 saturated heterocycles. The summed E-state index contributed by atoms with van der Waals surface area (Å²) < 4.78 is 5.53. The van der Waals surface area contributed by atoms with E-state index in [1.807, 2.05) is 0 Å². The highest BCUT2D eigenvalue weighted by atomic mass is 16.5. The van der Waals surface area contributed by atoms with Crippen LogP contribution in [0.2, 0.25) is 0 Å². The number of rotatable bonds is 2. The van der Waals surface area contributed by atoms with Crippen LogP contribution in [0.4, 0.5) is 0 Å². The normalized spacial score (nSPS) is 46.9. The van der Waals surface area contributed by atoms with Gasteiger partial charge in [-0.25, -0.2) is 6.57 Å². The van der Waals surface area contributed by atoms with Crippen LogP contribution in [0.25, 0.3) is 4.85 Å². The molecule has 3 saturated carbocycles. The van der Waals surface area contributed by atoms with E-state index in [0.717, 1.165) is 44.9 Å². The first kappa shape index (κ1) is 20.0. The van der Waals surface area contributed by atoms with Crippen LogP contribution in [0, 0.1) is 41.1 Å². The lowest BCUT2D eigenvalue weighted by Gasteiger charge is -2.58. The number of fused-ring (bicyclic) bond motifs is 5. The number of hydrogen-bond donors (Lipinski definition) is 1. The molecule has 4 nitrogen and oxygen atoms in total. The van der Waals surface area contributed by atoms with Gasteiger partial charge in [0.25, 0.3) is 0 Å². The zero-order chi connectivity index (χ0) is 20.3. The van der Waals surface area contributed by atoms with Crippen molar-refractivity contribution in [3.8, 4) is 0 Å². The largest absolute Gasteiger partial charge is 0.462 e. The van der Waals surface area contributed by atoms with E-state index in [1.54, 1.807) is 6.92 Å². The van der Waals surface area contributed by atoms with Crippen molar-refractivity contribution in [2.75, 3.05) is 0 Å². The minimum Gasteiger partial charge on any atom is -0.462 e. The molecule has 4 aliphatic rings. The van der Waals surface area contributed by atoms with Crippen LogP contribution >= 0.6 is 0 Å². The molecule has 0 aromatic carbocycles. The van der Waals surface area contributed by atoms with Gasteiger partial charge in [-0.2, -0.15) is 0 Å². The summed E-state index contributed by atoms with van der Waals surface area (Å²) in [6.45, 7) is 15.5. The molecular weight excluding hydrogens is 350 g/mol. The second-order valence-electron chi connectivity index (χ2n) is 10.6.